The minimum absolute atomic E-state index is 0.440. The molecule has 0 aliphatic heterocycles. The van der Waals surface area contributed by atoms with Crippen molar-refractivity contribution in [1.82, 2.24) is 0 Å². The van der Waals surface area contributed by atoms with E-state index in [1.165, 1.54) is 0 Å². The monoisotopic (exact) mass is 317 g/mol. The van der Waals surface area contributed by atoms with E-state index < -0.39 is 16.0 Å². The van der Waals surface area contributed by atoms with Crippen LogP contribution in [0, 0.1) is 0 Å². The predicted octanol–water partition coefficient (Wildman–Crippen LogP) is 2.51. The first-order chi connectivity index (χ1) is 9.59. The predicted molar refractivity (Wildman–Crippen MR) is 82.2 cm³/mol. The van der Waals surface area contributed by atoms with Crippen molar-refractivity contribution in [1.29, 1.82) is 0 Å². The first kappa shape index (κ1) is 17.7. The molecule has 1 aromatic carbocycles. The van der Waals surface area contributed by atoms with E-state index in [9.17, 15) is 8.42 Å². The van der Waals surface area contributed by atoms with Gasteiger partial charge in [-0.2, -0.15) is 8.42 Å². The van der Waals surface area contributed by atoms with Gasteiger partial charge in [-0.25, -0.2) is 4.18 Å². The van der Waals surface area contributed by atoms with Crippen LogP contribution in [0.1, 0.15) is 26.7 Å². The van der Waals surface area contributed by atoms with Gasteiger partial charge in [0.15, 0.2) is 0 Å². The summed E-state index contributed by atoms with van der Waals surface area (Å²) in [5.74, 6) is 0.759. The second-order valence-electron chi connectivity index (χ2n) is 5.61. The van der Waals surface area contributed by atoms with Gasteiger partial charge in [0.25, 0.3) is 0 Å². The molecule has 0 saturated heterocycles. The maximum Gasteiger partial charge on any atom is 0.397 e. The van der Waals surface area contributed by atoms with E-state index in [-0.39, 0.29) is 0 Å². The maximum atomic E-state index is 10.7. The van der Waals surface area contributed by atoms with Gasteiger partial charge in [-0.1, -0.05) is 6.07 Å². The molecular formula is C14H23NO5S. The molecule has 0 unspecified atom stereocenters. The Balaban J connectivity index is 2.42. The van der Waals surface area contributed by atoms with Gasteiger partial charge < -0.3 is 9.64 Å². The summed E-state index contributed by atoms with van der Waals surface area (Å²) in [4.78, 5) is 1.98. The van der Waals surface area contributed by atoms with Crippen LogP contribution in [0.15, 0.2) is 24.3 Å². The summed E-state index contributed by atoms with van der Waals surface area (Å²) in [5, 5.41) is 0. The first-order valence-electron chi connectivity index (χ1n) is 6.67. The van der Waals surface area contributed by atoms with Gasteiger partial charge in [0.2, 0.25) is 0 Å². The van der Waals surface area contributed by atoms with E-state index in [0.29, 0.717) is 19.4 Å². The van der Waals surface area contributed by atoms with E-state index in [1.807, 2.05) is 43.3 Å². The molecule has 0 aliphatic rings. The highest BCUT2D eigenvalue weighted by atomic mass is 32.3. The Labute approximate surface area is 126 Å². The van der Waals surface area contributed by atoms with Crippen molar-refractivity contribution in [3.8, 4) is 5.75 Å². The third-order valence-corrected chi connectivity index (χ3v) is 3.52. The molecule has 1 aromatic rings. The lowest BCUT2D eigenvalue weighted by atomic mass is 10.0. The fraction of sp³-hybridized carbons (Fsp3) is 0.571. The Morgan fingerprint density at radius 2 is 1.95 bits per heavy atom. The van der Waals surface area contributed by atoms with E-state index in [1.54, 1.807) is 13.8 Å². The number of nitrogens with zero attached hydrogens (tertiary/aromatic N) is 1. The minimum Gasteiger partial charge on any atom is -0.494 e. The Hall–Kier alpha value is -1.31. The molecule has 0 atom stereocenters. The molecule has 21 heavy (non-hydrogen) atoms. The molecule has 1 N–H and O–H groups in total. The van der Waals surface area contributed by atoms with E-state index >= 15 is 0 Å². The molecule has 0 aromatic heterocycles. The molecule has 0 aliphatic carbocycles. The zero-order valence-electron chi connectivity index (χ0n) is 12.9. The summed E-state index contributed by atoms with van der Waals surface area (Å²) < 4.78 is 40.3. The third kappa shape index (κ3) is 7.31. The van der Waals surface area contributed by atoms with Crippen LogP contribution in [0.2, 0.25) is 0 Å². The molecule has 120 valence electrons. The molecule has 1 rings (SSSR count). The molecular weight excluding hydrogens is 294 g/mol. The Kier molecular flexibility index (Phi) is 6.00. The smallest absolute Gasteiger partial charge is 0.397 e. The number of hydrogen-bond donors (Lipinski definition) is 1. The Bertz CT molecular complexity index is 554. The normalized spacial score (nSPS) is 12.2. The lowest BCUT2D eigenvalue weighted by Gasteiger charge is -2.22. The van der Waals surface area contributed by atoms with Crippen molar-refractivity contribution in [3.63, 3.8) is 0 Å². The second-order valence-corrected chi connectivity index (χ2v) is 6.64. The van der Waals surface area contributed by atoms with Gasteiger partial charge in [-0.3, -0.25) is 4.55 Å². The second kappa shape index (κ2) is 7.11. The van der Waals surface area contributed by atoms with Crippen LogP contribution in [0.4, 0.5) is 5.69 Å². The van der Waals surface area contributed by atoms with Crippen molar-refractivity contribution in [2.45, 2.75) is 32.3 Å². The zero-order valence-corrected chi connectivity index (χ0v) is 13.7. The molecule has 0 bridgehead atoms. The molecule has 0 spiro atoms. The third-order valence-electron chi connectivity index (χ3n) is 2.86. The van der Waals surface area contributed by atoms with E-state index in [2.05, 4.69) is 4.18 Å². The zero-order chi connectivity index (χ0) is 16.1. The summed E-state index contributed by atoms with van der Waals surface area (Å²) in [6.07, 6.45) is 1.05. The fourth-order valence-corrected chi connectivity index (χ4v) is 2.52. The number of rotatable bonds is 8. The molecule has 0 saturated carbocycles. The number of benzene rings is 1. The first-order valence-corrected chi connectivity index (χ1v) is 8.04. The molecule has 7 heteroatoms. The standard InChI is InChI=1S/C14H23NO5S/c1-14(2,20-21(16,17)18)9-6-10-19-13-8-5-7-12(11-13)15(3)4/h5,7-8,11H,6,9-10H2,1-4H3,(H,16,17,18). The maximum absolute atomic E-state index is 10.7. The van der Waals surface area contributed by atoms with E-state index in [0.717, 1.165) is 11.4 Å². The van der Waals surface area contributed by atoms with Crippen LogP contribution in [0.3, 0.4) is 0 Å². The summed E-state index contributed by atoms with van der Waals surface area (Å²) in [7, 11) is -0.527. The molecule has 0 fully saturated rings. The number of hydrogen-bond acceptors (Lipinski definition) is 5. The highest BCUT2D eigenvalue weighted by Crippen LogP contribution is 2.21. The van der Waals surface area contributed by atoms with Gasteiger partial charge >= 0.3 is 10.4 Å². The molecule has 0 heterocycles. The summed E-state index contributed by atoms with van der Waals surface area (Å²) in [5.41, 5.74) is 0.0881. The molecule has 0 amide bonds. The fourth-order valence-electron chi connectivity index (χ4n) is 1.87. The molecule has 0 radical (unpaired) electrons. The van der Waals surface area contributed by atoms with Crippen LogP contribution in [-0.4, -0.2) is 39.3 Å². The van der Waals surface area contributed by atoms with Crippen LogP contribution >= 0.6 is 0 Å². The highest BCUT2D eigenvalue weighted by molar-refractivity contribution is 7.80. The van der Waals surface area contributed by atoms with Crippen LogP contribution in [0.5, 0.6) is 5.75 Å². The van der Waals surface area contributed by atoms with Crippen molar-refractivity contribution >= 4 is 16.1 Å². The van der Waals surface area contributed by atoms with Crippen LogP contribution in [0.25, 0.3) is 0 Å². The van der Waals surface area contributed by atoms with Crippen molar-refractivity contribution < 1.29 is 21.9 Å². The lowest BCUT2D eigenvalue weighted by molar-refractivity contribution is 0.0834. The summed E-state index contributed by atoms with van der Waals surface area (Å²) >= 11 is 0. The number of anilines is 1. The Morgan fingerprint density at radius 1 is 1.29 bits per heavy atom. The van der Waals surface area contributed by atoms with Gasteiger partial charge in [-0.05, 0) is 38.8 Å². The SMILES string of the molecule is CN(C)c1cccc(OCCCC(C)(C)OS(=O)(=O)O)c1. The van der Waals surface area contributed by atoms with Gasteiger partial charge in [0.05, 0.1) is 12.2 Å². The van der Waals surface area contributed by atoms with Crippen molar-refractivity contribution in [3.05, 3.63) is 24.3 Å². The largest absolute Gasteiger partial charge is 0.494 e. The lowest BCUT2D eigenvalue weighted by Crippen LogP contribution is -2.28. The minimum atomic E-state index is -4.43. The van der Waals surface area contributed by atoms with Gasteiger partial charge in [0, 0.05) is 25.8 Å². The van der Waals surface area contributed by atoms with Crippen LogP contribution in [-0.2, 0) is 14.6 Å². The quantitative estimate of drug-likeness (QED) is 0.586. The van der Waals surface area contributed by atoms with E-state index in [4.69, 9.17) is 9.29 Å². The number of ether oxygens (including phenoxy) is 1. The van der Waals surface area contributed by atoms with Crippen LogP contribution < -0.4 is 9.64 Å². The average molecular weight is 317 g/mol. The van der Waals surface area contributed by atoms with Crippen molar-refractivity contribution in [2.75, 3.05) is 25.6 Å². The Morgan fingerprint density at radius 3 is 2.52 bits per heavy atom. The van der Waals surface area contributed by atoms with Crippen molar-refractivity contribution in [2.24, 2.45) is 0 Å². The topological polar surface area (TPSA) is 76.1 Å². The average Bonchev–Trinajstić information content (AvgIpc) is 2.32. The molecule has 6 nitrogen and oxygen atoms in total. The highest BCUT2D eigenvalue weighted by Gasteiger charge is 2.24. The summed E-state index contributed by atoms with van der Waals surface area (Å²) in [6.45, 7) is 3.65. The van der Waals surface area contributed by atoms with Gasteiger partial charge in [0.1, 0.15) is 5.75 Å². The summed E-state index contributed by atoms with van der Waals surface area (Å²) in [6, 6.07) is 7.69. The van der Waals surface area contributed by atoms with Gasteiger partial charge in [-0.15, -0.1) is 0 Å².